The first-order valence-corrected chi connectivity index (χ1v) is 7.60. The SMILES string of the molecule is CC1(C)CS(=O)(=O)CC(c2cccs2)N1. The molecule has 0 amide bonds. The van der Waals surface area contributed by atoms with Gasteiger partial charge in [-0.3, -0.25) is 0 Å². The minimum absolute atomic E-state index is 0.0428. The van der Waals surface area contributed by atoms with Crippen molar-refractivity contribution in [3.63, 3.8) is 0 Å². The summed E-state index contributed by atoms with van der Waals surface area (Å²) >= 11 is 1.60. The largest absolute Gasteiger partial charge is 0.302 e. The van der Waals surface area contributed by atoms with Crippen LogP contribution in [0.5, 0.6) is 0 Å². The van der Waals surface area contributed by atoms with Crippen molar-refractivity contribution in [2.45, 2.75) is 25.4 Å². The molecule has 1 aromatic heterocycles. The molecule has 1 aliphatic heterocycles. The molecule has 0 radical (unpaired) electrons. The molecule has 2 rings (SSSR count). The summed E-state index contributed by atoms with van der Waals surface area (Å²) in [4.78, 5) is 1.10. The van der Waals surface area contributed by atoms with Crippen molar-refractivity contribution in [3.8, 4) is 0 Å². The summed E-state index contributed by atoms with van der Waals surface area (Å²) in [6.07, 6.45) is 0. The molecule has 0 aromatic carbocycles. The molecule has 3 nitrogen and oxygen atoms in total. The van der Waals surface area contributed by atoms with Crippen molar-refractivity contribution in [1.82, 2.24) is 5.32 Å². The van der Waals surface area contributed by atoms with Gasteiger partial charge in [-0.1, -0.05) is 6.07 Å². The minimum Gasteiger partial charge on any atom is -0.302 e. The van der Waals surface area contributed by atoms with Crippen LogP contribution in [0.2, 0.25) is 0 Å². The lowest BCUT2D eigenvalue weighted by Crippen LogP contribution is -2.53. The van der Waals surface area contributed by atoms with Crippen molar-refractivity contribution in [1.29, 1.82) is 0 Å². The van der Waals surface area contributed by atoms with Gasteiger partial charge in [-0.25, -0.2) is 8.42 Å². The van der Waals surface area contributed by atoms with Gasteiger partial charge < -0.3 is 5.32 Å². The maximum Gasteiger partial charge on any atom is 0.153 e. The predicted octanol–water partition coefficient (Wildman–Crippen LogP) is 1.59. The molecule has 0 bridgehead atoms. The molecule has 1 atom stereocenters. The van der Waals surface area contributed by atoms with Crippen LogP contribution < -0.4 is 5.32 Å². The molecular formula is C10H15NO2S2. The van der Waals surface area contributed by atoms with E-state index in [4.69, 9.17) is 0 Å². The first-order chi connectivity index (χ1) is 6.88. The van der Waals surface area contributed by atoms with E-state index in [0.29, 0.717) is 0 Å². The molecule has 1 aliphatic rings. The van der Waals surface area contributed by atoms with Gasteiger partial charge in [-0.15, -0.1) is 11.3 Å². The Balaban J connectivity index is 2.29. The number of sulfone groups is 1. The predicted molar refractivity (Wildman–Crippen MR) is 62.9 cm³/mol. The highest BCUT2D eigenvalue weighted by atomic mass is 32.2. The third-order valence-corrected chi connectivity index (χ3v) is 5.44. The molecule has 1 N–H and O–H groups in total. The van der Waals surface area contributed by atoms with E-state index in [2.05, 4.69) is 5.32 Å². The average Bonchev–Trinajstić information content (AvgIpc) is 2.48. The van der Waals surface area contributed by atoms with E-state index in [1.807, 2.05) is 31.4 Å². The van der Waals surface area contributed by atoms with E-state index in [1.54, 1.807) is 11.3 Å². The van der Waals surface area contributed by atoms with Crippen molar-refractivity contribution in [3.05, 3.63) is 22.4 Å². The summed E-state index contributed by atoms with van der Waals surface area (Å²) in [5.74, 6) is 0.443. The van der Waals surface area contributed by atoms with Gasteiger partial charge in [0.05, 0.1) is 17.5 Å². The number of hydrogen-bond donors (Lipinski definition) is 1. The number of thiophene rings is 1. The summed E-state index contributed by atoms with van der Waals surface area (Å²) in [5, 5.41) is 5.36. The third-order valence-electron chi connectivity index (χ3n) is 2.45. The van der Waals surface area contributed by atoms with Gasteiger partial charge in [0.1, 0.15) is 0 Å². The molecular weight excluding hydrogens is 230 g/mol. The van der Waals surface area contributed by atoms with Gasteiger partial charge in [0.2, 0.25) is 0 Å². The Morgan fingerprint density at radius 3 is 2.80 bits per heavy atom. The highest BCUT2D eigenvalue weighted by Gasteiger charge is 2.37. The summed E-state index contributed by atoms with van der Waals surface area (Å²) in [6, 6.07) is 3.90. The molecule has 1 saturated heterocycles. The Bertz CT molecular complexity index is 434. The van der Waals surface area contributed by atoms with E-state index in [9.17, 15) is 8.42 Å². The molecule has 15 heavy (non-hydrogen) atoms. The monoisotopic (exact) mass is 245 g/mol. The van der Waals surface area contributed by atoms with Crippen LogP contribution >= 0.6 is 11.3 Å². The lowest BCUT2D eigenvalue weighted by atomic mass is 10.1. The van der Waals surface area contributed by atoms with E-state index in [1.165, 1.54) is 0 Å². The molecule has 5 heteroatoms. The van der Waals surface area contributed by atoms with Crippen LogP contribution in [0.15, 0.2) is 17.5 Å². The third kappa shape index (κ3) is 2.59. The summed E-state index contributed by atoms with van der Waals surface area (Å²) in [5.41, 5.74) is -0.328. The van der Waals surface area contributed by atoms with Crippen molar-refractivity contribution in [2.75, 3.05) is 11.5 Å². The van der Waals surface area contributed by atoms with Crippen molar-refractivity contribution in [2.24, 2.45) is 0 Å². The molecule has 0 spiro atoms. The zero-order chi connectivity index (χ0) is 11.1. The Morgan fingerprint density at radius 2 is 2.27 bits per heavy atom. The van der Waals surface area contributed by atoms with Crippen LogP contribution in [0.1, 0.15) is 24.8 Å². The van der Waals surface area contributed by atoms with Gasteiger partial charge in [0.25, 0.3) is 0 Å². The quantitative estimate of drug-likeness (QED) is 0.817. The summed E-state index contributed by atoms with van der Waals surface area (Å²) < 4.78 is 23.5. The lowest BCUT2D eigenvalue weighted by Gasteiger charge is -2.36. The van der Waals surface area contributed by atoms with Gasteiger partial charge in [0.15, 0.2) is 9.84 Å². The topological polar surface area (TPSA) is 46.2 Å². The van der Waals surface area contributed by atoms with E-state index >= 15 is 0 Å². The highest BCUT2D eigenvalue weighted by Crippen LogP contribution is 2.28. The molecule has 84 valence electrons. The van der Waals surface area contributed by atoms with Gasteiger partial charge in [0, 0.05) is 10.4 Å². The average molecular weight is 245 g/mol. The fourth-order valence-corrected chi connectivity index (χ4v) is 5.02. The standard InChI is InChI=1S/C10H15NO2S2/c1-10(2)7-15(12,13)6-8(11-10)9-4-3-5-14-9/h3-5,8,11H,6-7H2,1-2H3. The van der Waals surface area contributed by atoms with Crippen LogP contribution in [0.4, 0.5) is 0 Å². The maximum absolute atomic E-state index is 11.7. The van der Waals surface area contributed by atoms with E-state index in [0.717, 1.165) is 4.88 Å². The molecule has 1 fully saturated rings. The van der Waals surface area contributed by atoms with Gasteiger partial charge >= 0.3 is 0 Å². The van der Waals surface area contributed by atoms with E-state index < -0.39 is 9.84 Å². The number of rotatable bonds is 1. The molecule has 1 unspecified atom stereocenters. The molecule has 0 saturated carbocycles. The fourth-order valence-electron chi connectivity index (χ4n) is 2.06. The van der Waals surface area contributed by atoms with Crippen LogP contribution in [0, 0.1) is 0 Å². The Hall–Kier alpha value is -0.390. The van der Waals surface area contributed by atoms with Gasteiger partial charge in [-0.05, 0) is 25.3 Å². The maximum atomic E-state index is 11.7. The Morgan fingerprint density at radius 1 is 1.53 bits per heavy atom. The molecule has 1 aromatic rings. The van der Waals surface area contributed by atoms with Crippen LogP contribution in [-0.2, 0) is 9.84 Å². The normalized spacial score (nSPS) is 28.8. The Labute approximate surface area is 94.4 Å². The minimum atomic E-state index is -2.92. The second kappa shape index (κ2) is 3.57. The zero-order valence-corrected chi connectivity index (χ0v) is 10.5. The van der Waals surface area contributed by atoms with Crippen molar-refractivity contribution >= 4 is 21.2 Å². The summed E-state index contributed by atoms with van der Waals surface area (Å²) in [7, 11) is -2.92. The number of nitrogens with one attached hydrogen (secondary N) is 1. The first-order valence-electron chi connectivity index (χ1n) is 4.90. The van der Waals surface area contributed by atoms with Crippen LogP contribution in [-0.4, -0.2) is 25.5 Å². The Kier molecular flexibility index (Phi) is 2.65. The zero-order valence-electron chi connectivity index (χ0n) is 8.86. The first kappa shape index (κ1) is 11.1. The second-order valence-electron chi connectivity index (χ2n) is 4.65. The smallest absolute Gasteiger partial charge is 0.153 e. The van der Waals surface area contributed by atoms with Crippen LogP contribution in [0.25, 0.3) is 0 Å². The van der Waals surface area contributed by atoms with Crippen LogP contribution in [0.3, 0.4) is 0 Å². The van der Waals surface area contributed by atoms with E-state index in [-0.39, 0.29) is 23.1 Å². The fraction of sp³-hybridized carbons (Fsp3) is 0.600. The lowest BCUT2D eigenvalue weighted by molar-refractivity contribution is 0.362. The number of hydrogen-bond acceptors (Lipinski definition) is 4. The second-order valence-corrected chi connectivity index (χ2v) is 7.74. The molecule has 2 heterocycles. The highest BCUT2D eigenvalue weighted by molar-refractivity contribution is 7.91. The van der Waals surface area contributed by atoms with Gasteiger partial charge in [-0.2, -0.15) is 0 Å². The molecule has 0 aliphatic carbocycles. The summed E-state index contributed by atoms with van der Waals surface area (Å²) in [6.45, 7) is 3.87. The van der Waals surface area contributed by atoms with Crippen molar-refractivity contribution < 1.29 is 8.42 Å².